The van der Waals surface area contributed by atoms with Crippen LogP contribution in [0, 0.1) is 12.3 Å². The van der Waals surface area contributed by atoms with Crippen LogP contribution in [0.15, 0.2) is 104 Å². The summed E-state index contributed by atoms with van der Waals surface area (Å²) in [6.45, 7) is 17.8. The molecule has 1 N–H and O–H groups in total. The Morgan fingerprint density at radius 2 is 1.74 bits per heavy atom. The third-order valence-corrected chi connectivity index (χ3v) is 9.57. The standard InChI is InChI=1S/C36H47N3OS3/c1-10-37-33(43-32-18-14-11-15-25(32)4)21-29-20-28(22-36(7,8)23-29)19-26(5)39(24(2)3)35(40)34(42)27(6)38(9)30-16-12-13-17-31(30)41/h11-21,24,41-42H,10,22-23H2,1-9H3/p+1/b26-19-,29-21-,34-27+,37-33?. The van der Waals surface area contributed by atoms with E-state index in [4.69, 9.17) is 12.6 Å². The van der Waals surface area contributed by atoms with Crippen molar-refractivity contribution in [2.45, 2.75) is 84.1 Å². The summed E-state index contributed by atoms with van der Waals surface area (Å²) < 4.78 is 0. The van der Waals surface area contributed by atoms with Crippen LogP contribution in [-0.2, 0) is 4.79 Å². The number of thioether (sulfide) groups is 1. The zero-order valence-electron chi connectivity index (χ0n) is 27.2. The molecule has 0 aromatic heterocycles. The van der Waals surface area contributed by atoms with Crippen LogP contribution in [0.4, 0.5) is 5.69 Å². The van der Waals surface area contributed by atoms with E-state index in [1.807, 2.05) is 68.8 Å². The maximum absolute atomic E-state index is 13.9. The number of hydrogen-bond donors (Lipinski definition) is 3. The molecule has 0 saturated carbocycles. The smallest absolute Gasteiger partial charge is 0.266 e. The Morgan fingerprint density at radius 3 is 2.37 bits per heavy atom. The third kappa shape index (κ3) is 9.44. The van der Waals surface area contributed by atoms with Gasteiger partial charge in [0.05, 0.1) is 10.6 Å². The van der Waals surface area contributed by atoms with E-state index in [-0.39, 0.29) is 17.4 Å². The van der Waals surface area contributed by atoms with E-state index in [2.05, 4.69) is 87.8 Å². The van der Waals surface area contributed by atoms with Crippen molar-refractivity contribution >= 4 is 53.7 Å². The Bertz CT molecular complexity index is 1480. The predicted molar refractivity (Wildman–Crippen MR) is 192 cm³/mol. The van der Waals surface area contributed by atoms with E-state index in [1.165, 1.54) is 21.6 Å². The fraction of sp³-hybridized carbons (Fsp3) is 0.389. The molecule has 0 aliphatic heterocycles. The minimum absolute atomic E-state index is 0.0346. The third-order valence-electron chi connectivity index (χ3n) is 7.52. The molecule has 4 nitrogen and oxygen atoms in total. The van der Waals surface area contributed by atoms with Crippen molar-refractivity contribution in [3.8, 4) is 0 Å². The lowest BCUT2D eigenvalue weighted by molar-refractivity contribution is -0.448. The number of anilines is 1. The average Bonchev–Trinajstić information content (AvgIpc) is 2.92. The molecule has 0 saturated heterocycles. The van der Waals surface area contributed by atoms with Crippen molar-refractivity contribution in [3.63, 3.8) is 0 Å². The molecule has 43 heavy (non-hydrogen) atoms. The molecule has 0 unspecified atom stereocenters. The van der Waals surface area contributed by atoms with Gasteiger partial charge in [0, 0.05) is 40.4 Å². The number of para-hydroxylation sites is 1. The van der Waals surface area contributed by atoms with Crippen LogP contribution in [0.5, 0.6) is 0 Å². The number of allylic oxidation sites excluding steroid dienone is 6. The van der Waals surface area contributed by atoms with Crippen LogP contribution in [0.3, 0.4) is 0 Å². The zero-order chi connectivity index (χ0) is 31.9. The van der Waals surface area contributed by atoms with Crippen molar-refractivity contribution in [2.24, 2.45) is 5.41 Å². The number of nitrogens with zero attached hydrogens (tertiary/aromatic N) is 2. The highest BCUT2D eigenvalue weighted by Gasteiger charge is 2.28. The van der Waals surface area contributed by atoms with Crippen LogP contribution >= 0.6 is 37.0 Å². The number of nitrogens with one attached hydrogen (secondary N) is 1. The van der Waals surface area contributed by atoms with Crippen molar-refractivity contribution in [1.29, 1.82) is 0 Å². The van der Waals surface area contributed by atoms with Crippen molar-refractivity contribution < 1.29 is 9.79 Å². The minimum atomic E-state index is -0.114. The lowest BCUT2D eigenvalue weighted by Crippen LogP contribution is -2.71. The highest BCUT2D eigenvalue weighted by atomic mass is 32.2. The highest BCUT2D eigenvalue weighted by molar-refractivity contribution is 8.14. The fourth-order valence-electron chi connectivity index (χ4n) is 5.44. The van der Waals surface area contributed by atoms with Gasteiger partial charge in [0.1, 0.15) is 6.54 Å². The molecule has 1 aliphatic carbocycles. The molecule has 0 radical (unpaired) electrons. The second-order valence-electron chi connectivity index (χ2n) is 12.3. The summed E-state index contributed by atoms with van der Waals surface area (Å²) in [6, 6.07) is 16.3. The zero-order valence-corrected chi connectivity index (χ0v) is 29.8. The molecule has 1 aliphatic rings. The van der Waals surface area contributed by atoms with Gasteiger partial charge in [0.25, 0.3) is 5.91 Å². The van der Waals surface area contributed by atoms with Gasteiger partial charge in [-0.05, 0) is 113 Å². The molecule has 2 aromatic rings. The van der Waals surface area contributed by atoms with Gasteiger partial charge in [-0.3, -0.25) is 4.79 Å². The largest absolute Gasteiger partial charge is 0.346 e. The lowest BCUT2D eigenvalue weighted by atomic mass is 9.75. The van der Waals surface area contributed by atoms with Gasteiger partial charge in [-0.25, -0.2) is 4.99 Å². The van der Waals surface area contributed by atoms with Gasteiger partial charge in [0.15, 0.2) is 0 Å². The summed E-state index contributed by atoms with van der Waals surface area (Å²) in [5, 5.41) is 1.15. The molecule has 0 spiro atoms. The summed E-state index contributed by atoms with van der Waals surface area (Å²) in [7, 11) is 1.94. The molecule has 1 amide bonds. The van der Waals surface area contributed by atoms with Crippen LogP contribution in [0.25, 0.3) is 0 Å². The van der Waals surface area contributed by atoms with Gasteiger partial charge in [-0.15, -0.1) is 25.3 Å². The van der Waals surface area contributed by atoms with Crippen LogP contribution in [0.1, 0.15) is 66.9 Å². The second-order valence-corrected chi connectivity index (χ2v) is 14.3. The number of aryl methyl sites for hydroxylation is 1. The number of benzene rings is 2. The quantitative estimate of drug-likeness (QED) is 0.0861. The van der Waals surface area contributed by atoms with E-state index >= 15 is 0 Å². The number of carbonyl (C=O) groups excluding carboxylic acids is 1. The van der Waals surface area contributed by atoms with Crippen molar-refractivity contribution in [1.82, 2.24) is 4.90 Å². The molecular weight excluding hydrogens is 587 g/mol. The van der Waals surface area contributed by atoms with Crippen LogP contribution < -0.4 is 9.89 Å². The normalized spacial score (nSPS) is 17.1. The Balaban J connectivity index is 1.95. The maximum Gasteiger partial charge on any atom is 0.266 e. The summed E-state index contributed by atoms with van der Waals surface area (Å²) >= 11 is 11.1. The van der Waals surface area contributed by atoms with E-state index in [0.717, 1.165) is 46.4 Å². The second kappa shape index (κ2) is 15.4. The first-order valence-electron chi connectivity index (χ1n) is 14.9. The first-order chi connectivity index (χ1) is 20.2. The number of amides is 1. The minimum Gasteiger partial charge on any atom is -0.346 e. The number of carbonyl (C=O) groups is 1. The van der Waals surface area contributed by atoms with E-state index in [1.54, 1.807) is 11.8 Å². The van der Waals surface area contributed by atoms with E-state index < -0.39 is 0 Å². The SMILES string of the molecule is CC[NH+]=C(/C=C1C=C(/C=C(/C)N(C(=O)/C(S)=C(/C)N(C)c2ccccc2S)C(C)C)CC(C)(C)C/1)Sc1ccccc1C. The summed E-state index contributed by atoms with van der Waals surface area (Å²) in [4.78, 5) is 23.8. The molecule has 2 aromatic carbocycles. The molecule has 230 valence electrons. The molecule has 7 heteroatoms. The number of thiol groups is 2. The Hall–Kier alpha value is -2.61. The van der Waals surface area contributed by atoms with E-state index in [0.29, 0.717) is 4.91 Å². The maximum atomic E-state index is 13.9. The average molecular weight is 635 g/mol. The Kier molecular flexibility index (Phi) is 12.5. The fourth-order valence-corrected chi connectivity index (χ4v) is 7.05. The van der Waals surface area contributed by atoms with Crippen LogP contribution in [0.2, 0.25) is 0 Å². The van der Waals surface area contributed by atoms with Gasteiger partial charge in [-0.2, -0.15) is 0 Å². The first-order valence-corrected chi connectivity index (χ1v) is 16.6. The Labute approximate surface area is 274 Å². The molecule has 3 rings (SSSR count). The monoisotopic (exact) mass is 634 g/mol. The molecule has 0 atom stereocenters. The number of rotatable bonds is 9. The summed E-state index contributed by atoms with van der Waals surface area (Å²) in [5.41, 5.74) is 6.48. The lowest BCUT2D eigenvalue weighted by Gasteiger charge is -2.33. The molecule has 0 bridgehead atoms. The summed E-state index contributed by atoms with van der Waals surface area (Å²) in [5.74, 6) is -0.114. The molecule has 0 fully saturated rings. The van der Waals surface area contributed by atoms with Crippen molar-refractivity contribution in [2.75, 3.05) is 18.5 Å². The predicted octanol–water partition coefficient (Wildman–Crippen LogP) is 7.99. The van der Waals surface area contributed by atoms with Crippen molar-refractivity contribution in [3.05, 3.63) is 99.8 Å². The molecular formula is C36H48N3OS3+. The number of hydrogen-bond acceptors (Lipinski definition) is 5. The molecule has 0 heterocycles. The highest BCUT2D eigenvalue weighted by Crippen LogP contribution is 2.39. The Morgan fingerprint density at radius 1 is 1.09 bits per heavy atom. The topological polar surface area (TPSA) is 37.5 Å². The van der Waals surface area contributed by atoms with Gasteiger partial charge in [-0.1, -0.05) is 50.3 Å². The van der Waals surface area contributed by atoms with E-state index in [9.17, 15) is 4.79 Å². The van der Waals surface area contributed by atoms with Gasteiger partial charge < -0.3 is 9.80 Å². The van der Waals surface area contributed by atoms with Gasteiger partial charge in [0.2, 0.25) is 5.04 Å². The van der Waals surface area contributed by atoms with Crippen LogP contribution in [-0.4, -0.2) is 35.5 Å². The summed E-state index contributed by atoms with van der Waals surface area (Å²) in [6.07, 6.45) is 8.70. The first kappa shape index (κ1) is 34.9. The van der Waals surface area contributed by atoms with Gasteiger partial charge >= 0.3 is 0 Å².